The third-order valence-electron chi connectivity index (χ3n) is 13.9. The first kappa shape index (κ1) is 63.4. The number of carbonyl (C=O) groups is 3. The second-order valence-corrected chi connectivity index (χ2v) is 20.5. The Labute approximate surface area is 406 Å². The standard InChI is InChI=1S/C59H114O6/c1-5-8-10-12-14-16-18-26-31-34-38-42-46-50-57(60)63-53-56(65-59(62)52-48-44-40-36-30-19-17-15-13-11-9-6-2)54-64-58(61)51-47-43-39-35-32-28-25-23-21-20-22-24-27-29-33-37-41-45-49-55(4)7-3/h55-56H,5-54H2,1-4H3/t55?,56-/m0/s1. The molecule has 0 aliphatic carbocycles. The molecule has 0 aromatic rings. The molecule has 0 bridgehead atoms. The molecule has 0 saturated carbocycles. The zero-order valence-electron chi connectivity index (χ0n) is 44.5. The van der Waals surface area contributed by atoms with Gasteiger partial charge in [-0.3, -0.25) is 14.4 Å². The van der Waals surface area contributed by atoms with Crippen LogP contribution in [-0.4, -0.2) is 37.2 Å². The Bertz CT molecular complexity index is 982. The molecule has 0 rings (SSSR count). The van der Waals surface area contributed by atoms with Crippen LogP contribution in [0.2, 0.25) is 0 Å². The van der Waals surface area contributed by atoms with Gasteiger partial charge in [0.1, 0.15) is 13.2 Å². The zero-order valence-corrected chi connectivity index (χ0v) is 44.5. The van der Waals surface area contributed by atoms with Gasteiger partial charge in [-0.1, -0.05) is 297 Å². The Morgan fingerprint density at radius 2 is 0.538 bits per heavy atom. The SMILES string of the molecule is CCCCCCCCCCCCCCCC(=O)OC[C@@H](COC(=O)CCCCCCCCCCCCCCCCCCCCC(C)CC)OC(=O)CCCCCCCCCCCCCC. The molecule has 0 N–H and O–H groups in total. The summed E-state index contributed by atoms with van der Waals surface area (Å²) in [5, 5.41) is 0. The Hall–Kier alpha value is -1.59. The van der Waals surface area contributed by atoms with Crippen LogP contribution in [0.1, 0.15) is 336 Å². The van der Waals surface area contributed by atoms with Crippen molar-refractivity contribution in [3.63, 3.8) is 0 Å². The quantitative estimate of drug-likeness (QED) is 0.0344. The molecule has 0 aromatic carbocycles. The summed E-state index contributed by atoms with van der Waals surface area (Å²) in [6, 6.07) is 0. The van der Waals surface area contributed by atoms with E-state index in [-0.39, 0.29) is 31.1 Å². The van der Waals surface area contributed by atoms with Crippen molar-refractivity contribution in [2.45, 2.75) is 342 Å². The summed E-state index contributed by atoms with van der Waals surface area (Å²) in [5.41, 5.74) is 0. The lowest BCUT2D eigenvalue weighted by atomic mass is 9.99. The first-order valence-corrected chi connectivity index (χ1v) is 29.4. The van der Waals surface area contributed by atoms with Gasteiger partial charge < -0.3 is 14.2 Å². The lowest BCUT2D eigenvalue weighted by Gasteiger charge is -2.18. The third-order valence-corrected chi connectivity index (χ3v) is 13.9. The van der Waals surface area contributed by atoms with Crippen LogP contribution in [0.5, 0.6) is 0 Å². The average Bonchev–Trinajstić information content (AvgIpc) is 3.30. The molecule has 1 unspecified atom stereocenters. The summed E-state index contributed by atoms with van der Waals surface area (Å²) in [7, 11) is 0. The van der Waals surface area contributed by atoms with Gasteiger partial charge >= 0.3 is 17.9 Å². The lowest BCUT2D eigenvalue weighted by molar-refractivity contribution is -0.167. The smallest absolute Gasteiger partial charge is 0.306 e. The minimum absolute atomic E-state index is 0.0617. The highest BCUT2D eigenvalue weighted by atomic mass is 16.6. The summed E-state index contributed by atoms with van der Waals surface area (Å²) in [6.07, 6.45) is 58.0. The molecule has 0 saturated heterocycles. The van der Waals surface area contributed by atoms with Crippen LogP contribution >= 0.6 is 0 Å². The zero-order chi connectivity index (χ0) is 47.4. The minimum Gasteiger partial charge on any atom is -0.462 e. The molecule has 0 heterocycles. The van der Waals surface area contributed by atoms with Crippen LogP contribution in [0.3, 0.4) is 0 Å². The van der Waals surface area contributed by atoms with Gasteiger partial charge in [0, 0.05) is 19.3 Å². The predicted molar refractivity (Wildman–Crippen MR) is 280 cm³/mol. The van der Waals surface area contributed by atoms with Gasteiger partial charge in [-0.05, 0) is 25.2 Å². The summed E-state index contributed by atoms with van der Waals surface area (Å²) in [4.78, 5) is 38.1. The second kappa shape index (κ2) is 53.4. The maximum atomic E-state index is 12.8. The van der Waals surface area contributed by atoms with E-state index in [0.717, 1.165) is 63.7 Å². The van der Waals surface area contributed by atoms with Crippen molar-refractivity contribution >= 4 is 17.9 Å². The molecule has 6 heteroatoms. The molecule has 2 atom stereocenters. The number of hydrogen-bond acceptors (Lipinski definition) is 6. The van der Waals surface area contributed by atoms with Crippen molar-refractivity contribution in [2.24, 2.45) is 5.92 Å². The van der Waals surface area contributed by atoms with Crippen LogP contribution in [0, 0.1) is 5.92 Å². The van der Waals surface area contributed by atoms with Crippen LogP contribution in [0.4, 0.5) is 0 Å². The van der Waals surface area contributed by atoms with Gasteiger partial charge in [-0.15, -0.1) is 0 Å². The molecule has 65 heavy (non-hydrogen) atoms. The van der Waals surface area contributed by atoms with Crippen molar-refractivity contribution in [2.75, 3.05) is 13.2 Å². The highest BCUT2D eigenvalue weighted by Gasteiger charge is 2.19. The number of ether oxygens (including phenoxy) is 3. The van der Waals surface area contributed by atoms with Gasteiger partial charge in [0.15, 0.2) is 6.10 Å². The van der Waals surface area contributed by atoms with Crippen LogP contribution in [0.25, 0.3) is 0 Å². The summed E-state index contributed by atoms with van der Waals surface area (Å²) >= 11 is 0. The first-order chi connectivity index (χ1) is 31.9. The highest BCUT2D eigenvalue weighted by molar-refractivity contribution is 5.71. The van der Waals surface area contributed by atoms with Gasteiger partial charge in [-0.25, -0.2) is 0 Å². The van der Waals surface area contributed by atoms with Gasteiger partial charge in [0.2, 0.25) is 0 Å². The predicted octanol–water partition coefficient (Wildman–Crippen LogP) is 19.4. The molecule has 0 aliphatic heterocycles. The van der Waals surface area contributed by atoms with Gasteiger partial charge in [0.05, 0.1) is 0 Å². The van der Waals surface area contributed by atoms with Crippen molar-refractivity contribution in [3.8, 4) is 0 Å². The van der Waals surface area contributed by atoms with E-state index in [1.807, 2.05) is 0 Å². The fourth-order valence-electron chi connectivity index (χ4n) is 9.07. The van der Waals surface area contributed by atoms with Gasteiger partial charge in [0.25, 0.3) is 0 Å². The average molecular weight is 920 g/mol. The van der Waals surface area contributed by atoms with E-state index in [1.54, 1.807) is 0 Å². The van der Waals surface area contributed by atoms with Crippen LogP contribution in [-0.2, 0) is 28.6 Å². The normalized spacial score (nSPS) is 12.4. The van der Waals surface area contributed by atoms with E-state index < -0.39 is 6.10 Å². The van der Waals surface area contributed by atoms with E-state index in [9.17, 15) is 14.4 Å². The maximum absolute atomic E-state index is 12.8. The molecule has 0 aliphatic rings. The fraction of sp³-hybridized carbons (Fsp3) is 0.949. The topological polar surface area (TPSA) is 78.9 Å². The van der Waals surface area contributed by atoms with Crippen LogP contribution in [0.15, 0.2) is 0 Å². The number of carbonyl (C=O) groups excluding carboxylic acids is 3. The van der Waals surface area contributed by atoms with Crippen molar-refractivity contribution in [3.05, 3.63) is 0 Å². The Kier molecular flexibility index (Phi) is 52.1. The fourth-order valence-corrected chi connectivity index (χ4v) is 9.07. The maximum Gasteiger partial charge on any atom is 0.306 e. The number of esters is 3. The summed E-state index contributed by atoms with van der Waals surface area (Å²) < 4.78 is 16.9. The van der Waals surface area contributed by atoms with E-state index in [2.05, 4.69) is 27.7 Å². The molecule has 0 amide bonds. The minimum atomic E-state index is -0.761. The number of rotatable bonds is 54. The van der Waals surface area contributed by atoms with E-state index in [0.29, 0.717) is 19.3 Å². The van der Waals surface area contributed by atoms with Crippen molar-refractivity contribution in [1.82, 2.24) is 0 Å². The molecular formula is C59H114O6. The van der Waals surface area contributed by atoms with E-state index in [1.165, 1.54) is 231 Å². The monoisotopic (exact) mass is 919 g/mol. The third kappa shape index (κ3) is 51.6. The Morgan fingerprint density at radius 1 is 0.308 bits per heavy atom. The molecule has 6 nitrogen and oxygen atoms in total. The van der Waals surface area contributed by atoms with Crippen molar-refractivity contribution in [1.29, 1.82) is 0 Å². The molecule has 386 valence electrons. The summed E-state index contributed by atoms with van der Waals surface area (Å²) in [5.74, 6) is 0.0747. The Balaban J connectivity index is 4.20. The largest absolute Gasteiger partial charge is 0.462 e. The number of hydrogen-bond donors (Lipinski definition) is 0. The Morgan fingerprint density at radius 3 is 0.800 bits per heavy atom. The first-order valence-electron chi connectivity index (χ1n) is 29.4. The lowest BCUT2D eigenvalue weighted by Crippen LogP contribution is -2.30. The van der Waals surface area contributed by atoms with E-state index in [4.69, 9.17) is 14.2 Å². The molecule has 0 aromatic heterocycles. The highest BCUT2D eigenvalue weighted by Crippen LogP contribution is 2.18. The number of unbranched alkanes of at least 4 members (excludes halogenated alkanes) is 40. The molecule has 0 fully saturated rings. The molecular weight excluding hydrogens is 805 g/mol. The second-order valence-electron chi connectivity index (χ2n) is 20.5. The molecule has 0 spiro atoms. The van der Waals surface area contributed by atoms with Crippen LogP contribution < -0.4 is 0 Å². The van der Waals surface area contributed by atoms with Gasteiger partial charge in [-0.2, -0.15) is 0 Å². The van der Waals surface area contributed by atoms with Crippen molar-refractivity contribution < 1.29 is 28.6 Å². The summed E-state index contributed by atoms with van der Waals surface area (Å²) in [6.45, 7) is 9.10. The molecule has 0 radical (unpaired) electrons. The van der Waals surface area contributed by atoms with E-state index >= 15 is 0 Å².